The molecule has 4 rings (SSSR count). The van der Waals surface area contributed by atoms with E-state index < -0.39 is 5.97 Å². The Balaban J connectivity index is 1.89. The Morgan fingerprint density at radius 3 is 2.25 bits per heavy atom. The smallest absolute Gasteiger partial charge is 0.303 e. The van der Waals surface area contributed by atoms with Crippen molar-refractivity contribution in [1.29, 1.82) is 0 Å². The molecule has 0 aromatic carbocycles. The maximum atomic E-state index is 10.7. The molecule has 4 bridgehead atoms. The normalized spacial score (nSPS) is 53.8. The Morgan fingerprint density at radius 1 is 1.33 bits per heavy atom. The lowest BCUT2D eigenvalue weighted by Crippen LogP contribution is -2.23. The highest BCUT2D eigenvalue weighted by Gasteiger charge is 2.63. The average molecular weight is 166 g/mol. The summed E-state index contributed by atoms with van der Waals surface area (Å²) in [6.07, 6.45) is 5.60. The van der Waals surface area contributed by atoms with Crippen molar-refractivity contribution in [2.75, 3.05) is 0 Å². The summed E-state index contributed by atoms with van der Waals surface area (Å²) in [6.45, 7) is 0. The zero-order valence-corrected chi connectivity index (χ0v) is 7.12. The number of hydrogen-bond acceptors (Lipinski definition) is 1. The van der Waals surface area contributed by atoms with Crippen LogP contribution in [-0.4, -0.2) is 11.1 Å². The summed E-state index contributed by atoms with van der Waals surface area (Å²) in [7, 11) is 0. The van der Waals surface area contributed by atoms with E-state index >= 15 is 0 Å². The lowest BCUT2D eigenvalue weighted by Gasteiger charge is -2.26. The third-order valence-electron chi connectivity index (χ3n) is 4.55. The quantitative estimate of drug-likeness (QED) is 0.680. The van der Waals surface area contributed by atoms with E-state index in [-0.39, 0.29) is 5.41 Å². The van der Waals surface area contributed by atoms with E-state index in [9.17, 15) is 4.79 Å². The van der Waals surface area contributed by atoms with Crippen LogP contribution in [0.2, 0.25) is 0 Å². The van der Waals surface area contributed by atoms with Crippen molar-refractivity contribution in [3.05, 3.63) is 0 Å². The molecule has 0 spiro atoms. The highest BCUT2D eigenvalue weighted by atomic mass is 16.4. The van der Waals surface area contributed by atoms with Crippen LogP contribution in [0, 0.1) is 23.2 Å². The third-order valence-corrected chi connectivity index (χ3v) is 4.55. The van der Waals surface area contributed by atoms with Crippen LogP contribution < -0.4 is 0 Å². The SMILES string of the molecule is O=C(O)CC12CC3CC1CC3C2. The van der Waals surface area contributed by atoms with Gasteiger partial charge >= 0.3 is 5.97 Å². The van der Waals surface area contributed by atoms with Crippen LogP contribution in [0.1, 0.15) is 32.1 Å². The van der Waals surface area contributed by atoms with E-state index in [2.05, 4.69) is 0 Å². The van der Waals surface area contributed by atoms with Gasteiger partial charge < -0.3 is 5.11 Å². The summed E-state index contributed by atoms with van der Waals surface area (Å²) < 4.78 is 0. The van der Waals surface area contributed by atoms with Crippen molar-refractivity contribution in [2.24, 2.45) is 23.2 Å². The van der Waals surface area contributed by atoms with Crippen molar-refractivity contribution >= 4 is 5.97 Å². The zero-order chi connectivity index (χ0) is 8.34. The first-order valence-electron chi connectivity index (χ1n) is 4.91. The Kier molecular flexibility index (Phi) is 1.07. The van der Waals surface area contributed by atoms with Crippen LogP contribution in [0.25, 0.3) is 0 Å². The number of carbonyl (C=O) groups is 1. The molecule has 0 amide bonds. The predicted octanol–water partition coefficient (Wildman–Crippen LogP) is 1.90. The fourth-order valence-corrected chi connectivity index (χ4v) is 4.26. The van der Waals surface area contributed by atoms with Gasteiger partial charge in [-0.15, -0.1) is 0 Å². The first kappa shape index (κ1) is 6.93. The van der Waals surface area contributed by atoms with E-state index in [1.54, 1.807) is 0 Å². The Labute approximate surface area is 72.0 Å². The maximum absolute atomic E-state index is 10.7. The number of carboxylic acids is 1. The molecule has 0 saturated heterocycles. The van der Waals surface area contributed by atoms with Gasteiger partial charge in [0.2, 0.25) is 0 Å². The Bertz CT molecular complexity index is 232. The Morgan fingerprint density at radius 2 is 1.92 bits per heavy atom. The number of rotatable bonds is 2. The van der Waals surface area contributed by atoms with Gasteiger partial charge in [0.05, 0.1) is 6.42 Å². The highest BCUT2D eigenvalue weighted by Crippen LogP contribution is 2.71. The molecule has 12 heavy (non-hydrogen) atoms. The van der Waals surface area contributed by atoms with Gasteiger partial charge in [-0.2, -0.15) is 0 Å². The highest BCUT2D eigenvalue weighted by molar-refractivity contribution is 5.68. The monoisotopic (exact) mass is 166 g/mol. The minimum absolute atomic E-state index is 0.265. The molecule has 4 aliphatic rings. The number of hydrogen-bond donors (Lipinski definition) is 1. The van der Waals surface area contributed by atoms with Gasteiger partial charge in [0.15, 0.2) is 0 Å². The first-order valence-corrected chi connectivity index (χ1v) is 4.91. The molecule has 0 aromatic heterocycles. The molecule has 1 N–H and O–H groups in total. The Hall–Kier alpha value is -0.530. The molecular weight excluding hydrogens is 152 g/mol. The molecule has 0 aromatic rings. The summed E-state index contributed by atoms with van der Waals surface area (Å²) in [5.41, 5.74) is 0.265. The van der Waals surface area contributed by atoms with E-state index in [1.807, 2.05) is 0 Å². The molecule has 2 unspecified atom stereocenters. The molecule has 2 atom stereocenters. The van der Waals surface area contributed by atoms with Crippen LogP contribution in [0.5, 0.6) is 0 Å². The van der Waals surface area contributed by atoms with Gasteiger partial charge in [0, 0.05) is 0 Å². The zero-order valence-electron chi connectivity index (χ0n) is 7.12. The van der Waals surface area contributed by atoms with Gasteiger partial charge in [0.25, 0.3) is 0 Å². The van der Waals surface area contributed by atoms with Gasteiger partial charge in [-0.25, -0.2) is 0 Å². The van der Waals surface area contributed by atoms with Crippen molar-refractivity contribution < 1.29 is 9.90 Å². The summed E-state index contributed by atoms with van der Waals surface area (Å²) in [4.78, 5) is 10.7. The second kappa shape index (κ2) is 1.86. The van der Waals surface area contributed by atoms with Gasteiger partial charge in [0.1, 0.15) is 0 Å². The van der Waals surface area contributed by atoms with Crippen LogP contribution in [-0.2, 0) is 4.79 Å². The molecule has 0 heterocycles. The third kappa shape index (κ3) is 0.644. The molecule has 4 saturated carbocycles. The number of aliphatic carboxylic acids is 1. The molecule has 4 aliphatic carbocycles. The lowest BCUT2D eigenvalue weighted by atomic mass is 9.78. The second-order valence-corrected chi connectivity index (χ2v) is 5.03. The van der Waals surface area contributed by atoms with Crippen molar-refractivity contribution in [1.82, 2.24) is 0 Å². The fraction of sp³-hybridized carbons (Fsp3) is 0.900. The second-order valence-electron chi connectivity index (χ2n) is 5.03. The number of carboxylic acid groups (broad SMARTS) is 1. The van der Waals surface area contributed by atoms with Crippen molar-refractivity contribution in [3.8, 4) is 0 Å². The van der Waals surface area contributed by atoms with Crippen LogP contribution in [0.4, 0.5) is 0 Å². The van der Waals surface area contributed by atoms with Crippen molar-refractivity contribution in [3.63, 3.8) is 0 Å². The average Bonchev–Trinajstić information content (AvgIpc) is 2.51. The fourth-order valence-electron chi connectivity index (χ4n) is 4.26. The first-order chi connectivity index (χ1) is 5.70. The van der Waals surface area contributed by atoms with Gasteiger partial charge in [-0.3, -0.25) is 4.79 Å². The van der Waals surface area contributed by atoms with Crippen molar-refractivity contribution in [2.45, 2.75) is 32.1 Å². The van der Waals surface area contributed by atoms with E-state index in [1.165, 1.54) is 25.7 Å². The van der Waals surface area contributed by atoms with Gasteiger partial charge in [-0.05, 0) is 48.9 Å². The molecule has 0 radical (unpaired) electrons. The summed E-state index contributed by atoms with van der Waals surface area (Å²) in [5.74, 6) is 2.02. The molecule has 2 heteroatoms. The van der Waals surface area contributed by atoms with Crippen LogP contribution in [0.3, 0.4) is 0 Å². The van der Waals surface area contributed by atoms with Crippen LogP contribution >= 0.6 is 0 Å². The molecular formula is C10H14O2. The van der Waals surface area contributed by atoms with Gasteiger partial charge in [-0.1, -0.05) is 0 Å². The summed E-state index contributed by atoms with van der Waals surface area (Å²) in [5, 5.41) is 8.83. The lowest BCUT2D eigenvalue weighted by molar-refractivity contribution is -0.140. The molecule has 2 nitrogen and oxygen atoms in total. The molecule has 0 aliphatic heterocycles. The molecule has 66 valence electrons. The predicted molar refractivity (Wildman–Crippen MR) is 43.6 cm³/mol. The minimum Gasteiger partial charge on any atom is -0.481 e. The topological polar surface area (TPSA) is 37.3 Å². The van der Waals surface area contributed by atoms with E-state index in [0.29, 0.717) is 6.42 Å². The molecule has 4 fully saturated rings. The summed E-state index contributed by atoms with van der Waals surface area (Å²) >= 11 is 0. The minimum atomic E-state index is -0.580. The van der Waals surface area contributed by atoms with E-state index in [0.717, 1.165) is 17.8 Å². The standard InChI is InChI=1S/C10H14O2/c11-9(12)5-10-3-6-1-8(10)2-7(6)4-10/h6-8H,1-5H2,(H,11,12). The largest absolute Gasteiger partial charge is 0.481 e. The van der Waals surface area contributed by atoms with E-state index in [4.69, 9.17) is 5.11 Å². The summed E-state index contributed by atoms with van der Waals surface area (Å²) in [6, 6.07) is 0. The maximum Gasteiger partial charge on any atom is 0.303 e. The van der Waals surface area contributed by atoms with Crippen LogP contribution in [0.15, 0.2) is 0 Å².